The third kappa shape index (κ3) is 6.84. The SMILES string of the molecule is CN=C/C(C)=C/C=C\N(C)C. The van der Waals surface area contributed by atoms with Crippen LogP contribution in [0.3, 0.4) is 0 Å². The second-order valence-corrected chi connectivity index (χ2v) is 2.60. The van der Waals surface area contributed by atoms with Gasteiger partial charge in [0.05, 0.1) is 0 Å². The minimum atomic E-state index is 1.16. The van der Waals surface area contributed by atoms with Gasteiger partial charge in [0, 0.05) is 27.4 Å². The molecular formula is C9H16N2. The lowest BCUT2D eigenvalue weighted by atomic mass is 10.3. The molecule has 0 aromatic rings. The lowest BCUT2D eigenvalue weighted by Gasteiger charge is -2.00. The van der Waals surface area contributed by atoms with Gasteiger partial charge in [-0.1, -0.05) is 6.08 Å². The first kappa shape index (κ1) is 9.95. The van der Waals surface area contributed by atoms with Crippen LogP contribution in [0.5, 0.6) is 0 Å². The lowest BCUT2D eigenvalue weighted by molar-refractivity contribution is 0.564. The molecule has 0 heterocycles. The maximum atomic E-state index is 3.89. The van der Waals surface area contributed by atoms with Gasteiger partial charge in [-0.25, -0.2) is 0 Å². The van der Waals surface area contributed by atoms with E-state index in [0.717, 1.165) is 5.57 Å². The molecule has 0 radical (unpaired) electrons. The molecule has 0 aliphatic rings. The molecule has 0 N–H and O–H groups in total. The van der Waals surface area contributed by atoms with Gasteiger partial charge < -0.3 is 4.90 Å². The van der Waals surface area contributed by atoms with Gasteiger partial charge in [0.25, 0.3) is 0 Å². The zero-order valence-electron chi connectivity index (χ0n) is 7.70. The Kier molecular flexibility index (Phi) is 5.17. The quantitative estimate of drug-likeness (QED) is 0.444. The molecule has 0 spiro atoms. The Balaban J connectivity index is 3.91. The van der Waals surface area contributed by atoms with Crippen molar-refractivity contribution in [1.82, 2.24) is 4.90 Å². The summed E-state index contributed by atoms with van der Waals surface area (Å²) in [6.45, 7) is 2.02. The molecule has 0 atom stereocenters. The minimum Gasteiger partial charge on any atom is -0.383 e. The molecule has 0 saturated carbocycles. The third-order valence-corrected chi connectivity index (χ3v) is 1.08. The number of aliphatic imine (C=N–C) groups is 1. The Hall–Kier alpha value is -1.05. The van der Waals surface area contributed by atoms with E-state index in [1.165, 1.54) is 0 Å². The molecule has 0 rings (SSSR count). The van der Waals surface area contributed by atoms with E-state index in [9.17, 15) is 0 Å². The third-order valence-electron chi connectivity index (χ3n) is 1.08. The molecule has 0 bridgehead atoms. The summed E-state index contributed by atoms with van der Waals surface area (Å²) in [5, 5.41) is 0. The summed E-state index contributed by atoms with van der Waals surface area (Å²) in [6.07, 6.45) is 7.84. The Bertz CT molecular complexity index is 176. The van der Waals surface area contributed by atoms with Crippen molar-refractivity contribution in [2.45, 2.75) is 6.92 Å². The van der Waals surface area contributed by atoms with E-state index in [0.29, 0.717) is 0 Å². The Morgan fingerprint density at radius 2 is 2.00 bits per heavy atom. The molecule has 0 amide bonds. The van der Waals surface area contributed by atoms with E-state index < -0.39 is 0 Å². The smallest absolute Gasteiger partial charge is 0.0277 e. The number of hydrogen-bond donors (Lipinski definition) is 0. The Morgan fingerprint density at radius 3 is 2.45 bits per heavy atom. The van der Waals surface area contributed by atoms with Gasteiger partial charge in [0.2, 0.25) is 0 Å². The molecule has 11 heavy (non-hydrogen) atoms. The first-order chi connectivity index (χ1) is 5.16. The van der Waals surface area contributed by atoms with Crippen LogP contribution in [0.2, 0.25) is 0 Å². The van der Waals surface area contributed by atoms with Crippen LogP contribution in [-0.4, -0.2) is 32.3 Å². The molecule has 0 aliphatic carbocycles. The van der Waals surface area contributed by atoms with Gasteiger partial charge in [0.15, 0.2) is 0 Å². The number of hydrogen-bond acceptors (Lipinski definition) is 2. The van der Waals surface area contributed by atoms with E-state index in [1.807, 2.05) is 50.5 Å². The molecule has 2 heteroatoms. The van der Waals surface area contributed by atoms with Crippen molar-refractivity contribution in [2.75, 3.05) is 21.1 Å². The van der Waals surface area contributed by atoms with Crippen molar-refractivity contribution in [2.24, 2.45) is 4.99 Å². The van der Waals surface area contributed by atoms with E-state index in [-0.39, 0.29) is 0 Å². The first-order valence-electron chi connectivity index (χ1n) is 3.60. The maximum Gasteiger partial charge on any atom is 0.0277 e. The van der Waals surface area contributed by atoms with Crippen molar-refractivity contribution in [3.8, 4) is 0 Å². The van der Waals surface area contributed by atoms with Crippen LogP contribution >= 0.6 is 0 Å². The molecule has 0 saturated heterocycles. The predicted molar refractivity (Wildman–Crippen MR) is 51.0 cm³/mol. The van der Waals surface area contributed by atoms with Gasteiger partial charge >= 0.3 is 0 Å². The van der Waals surface area contributed by atoms with Crippen LogP contribution in [-0.2, 0) is 0 Å². The van der Waals surface area contributed by atoms with E-state index >= 15 is 0 Å². The van der Waals surface area contributed by atoms with Crippen molar-refractivity contribution in [3.05, 3.63) is 23.9 Å². The monoisotopic (exact) mass is 152 g/mol. The van der Waals surface area contributed by atoms with Crippen LogP contribution in [0.25, 0.3) is 0 Å². The average Bonchev–Trinajstić information content (AvgIpc) is 1.87. The molecule has 0 unspecified atom stereocenters. The maximum absolute atomic E-state index is 3.89. The summed E-state index contributed by atoms with van der Waals surface area (Å²) in [7, 11) is 5.76. The summed E-state index contributed by atoms with van der Waals surface area (Å²) in [5.41, 5.74) is 1.16. The lowest BCUT2D eigenvalue weighted by Crippen LogP contribution is -1.99. The number of allylic oxidation sites excluding steroid dienone is 3. The van der Waals surface area contributed by atoms with Crippen molar-refractivity contribution in [1.29, 1.82) is 0 Å². The predicted octanol–water partition coefficient (Wildman–Crippen LogP) is 1.71. The van der Waals surface area contributed by atoms with Gasteiger partial charge in [-0.05, 0) is 24.8 Å². The van der Waals surface area contributed by atoms with E-state index in [4.69, 9.17) is 0 Å². The molecule has 0 fully saturated rings. The second-order valence-electron chi connectivity index (χ2n) is 2.60. The standard InChI is InChI=1S/C9H16N2/c1-9(8-10-2)6-5-7-11(3)4/h5-8H,1-4H3/b7-5-,9-6+,10-8?. The number of rotatable bonds is 3. The van der Waals surface area contributed by atoms with Crippen molar-refractivity contribution >= 4 is 6.21 Å². The summed E-state index contributed by atoms with van der Waals surface area (Å²) >= 11 is 0. The fraction of sp³-hybridized carbons (Fsp3) is 0.444. The highest BCUT2D eigenvalue weighted by molar-refractivity contribution is 5.77. The van der Waals surface area contributed by atoms with Gasteiger partial charge in [0.1, 0.15) is 0 Å². The van der Waals surface area contributed by atoms with Crippen LogP contribution < -0.4 is 0 Å². The van der Waals surface area contributed by atoms with Crippen LogP contribution in [0.1, 0.15) is 6.92 Å². The van der Waals surface area contributed by atoms with E-state index in [1.54, 1.807) is 7.05 Å². The largest absolute Gasteiger partial charge is 0.383 e. The van der Waals surface area contributed by atoms with Gasteiger partial charge in [-0.3, -0.25) is 4.99 Å². The Morgan fingerprint density at radius 1 is 1.36 bits per heavy atom. The zero-order chi connectivity index (χ0) is 8.69. The van der Waals surface area contributed by atoms with Gasteiger partial charge in [-0.2, -0.15) is 0 Å². The highest BCUT2D eigenvalue weighted by Crippen LogP contribution is 1.88. The highest BCUT2D eigenvalue weighted by atomic mass is 15.0. The fourth-order valence-corrected chi connectivity index (χ4v) is 0.614. The molecule has 0 aromatic carbocycles. The summed E-state index contributed by atoms with van der Waals surface area (Å²) in [6, 6.07) is 0. The fourth-order valence-electron chi connectivity index (χ4n) is 0.614. The summed E-state index contributed by atoms with van der Waals surface area (Å²) in [4.78, 5) is 5.89. The minimum absolute atomic E-state index is 1.16. The topological polar surface area (TPSA) is 15.6 Å². The van der Waals surface area contributed by atoms with Crippen LogP contribution in [0.4, 0.5) is 0 Å². The second kappa shape index (κ2) is 5.71. The van der Waals surface area contributed by atoms with E-state index in [2.05, 4.69) is 4.99 Å². The Labute approximate surface area is 68.9 Å². The average molecular weight is 152 g/mol. The number of nitrogens with zero attached hydrogens (tertiary/aromatic N) is 2. The molecule has 62 valence electrons. The summed E-state index contributed by atoms with van der Waals surface area (Å²) in [5.74, 6) is 0. The van der Waals surface area contributed by atoms with Crippen molar-refractivity contribution < 1.29 is 0 Å². The molecule has 0 aromatic heterocycles. The van der Waals surface area contributed by atoms with Crippen LogP contribution in [0, 0.1) is 0 Å². The zero-order valence-corrected chi connectivity index (χ0v) is 7.70. The first-order valence-corrected chi connectivity index (χ1v) is 3.60. The molecular weight excluding hydrogens is 136 g/mol. The molecule has 2 nitrogen and oxygen atoms in total. The van der Waals surface area contributed by atoms with Crippen LogP contribution in [0.15, 0.2) is 28.9 Å². The summed E-state index contributed by atoms with van der Waals surface area (Å²) < 4.78 is 0. The van der Waals surface area contributed by atoms with Gasteiger partial charge in [-0.15, -0.1) is 0 Å². The highest BCUT2D eigenvalue weighted by Gasteiger charge is 1.77. The molecule has 0 aliphatic heterocycles. The van der Waals surface area contributed by atoms with Crippen molar-refractivity contribution in [3.63, 3.8) is 0 Å². The normalized spacial score (nSPS) is 13.3.